The Balaban J connectivity index is 1.22. The molecule has 7 rings (SSSR count). The van der Waals surface area contributed by atoms with Crippen molar-refractivity contribution >= 4 is 68.2 Å². The molecular weight excluding hydrogens is 679 g/mol. The summed E-state index contributed by atoms with van der Waals surface area (Å²) in [6.45, 7) is 7.80. The van der Waals surface area contributed by atoms with Crippen molar-refractivity contribution in [1.29, 1.82) is 0 Å². The first-order valence-electron chi connectivity index (χ1n) is 15.5. The van der Waals surface area contributed by atoms with Crippen molar-refractivity contribution < 1.29 is 9.30 Å². The van der Waals surface area contributed by atoms with Crippen molar-refractivity contribution in [3.63, 3.8) is 0 Å². The smallest absolute Gasteiger partial charge is 0.229 e. The van der Waals surface area contributed by atoms with Gasteiger partial charge in [0.05, 0.1) is 40.0 Å². The number of hydrogen-bond donors (Lipinski definition) is 2. The minimum Gasteiger partial charge on any atom is -0.494 e. The number of nitrogens with one attached hydrogen (secondary N) is 2. The summed E-state index contributed by atoms with van der Waals surface area (Å²) in [6, 6.07) is 7.92. The number of fused-ring (bicyclic) bond motifs is 1. The fraction of sp³-hybridized carbons (Fsp3) is 0.364. The quantitative estimate of drug-likeness (QED) is 0.188. The topological polar surface area (TPSA) is 126 Å². The van der Waals surface area contributed by atoms with Crippen molar-refractivity contribution in [2.45, 2.75) is 12.8 Å². The molecule has 0 saturated carbocycles. The normalized spacial score (nSPS) is 16.3. The lowest BCUT2D eigenvalue weighted by Gasteiger charge is -2.53. The van der Waals surface area contributed by atoms with E-state index in [0.29, 0.717) is 49.4 Å². The highest BCUT2D eigenvalue weighted by Crippen LogP contribution is 2.45. The van der Waals surface area contributed by atoms with Crippen LogP contribution in [-0.2, 0) is 11.6 Å². The average Bonchev–Trinajstić information content (AvgIpc) is 3.47. The van der Waals surface area contributed by atoms with E-state index in [4.69, 9.17) is 9.72 Å². The molecule has 2 N–H and O–H groups in total. The van der Waals surface area contributed by atoms with Gasteiger partial charge in [0.15, 0.2) is 0 Å². The maximum absolute atomic E-state index is 13.5. The minimum atomic E-state index is -2.76. The van der Waals surface area contributed by atoms with Crippen molar-refractivity contribution in [2.24, 2.45) is 12.5 Å². The van der Waals surface area contributed by atoms with E-state index in [1.165, 1.54) is 25.9 Å². The molecule has 2 aromatic carbocycles. The van der Waals surface area contributed by atoms with Crippen LogP contribution in [0, 0.1) is 5.41 Å². The van der Waals surface area contributed by atoms with Crippen LogP contribution in [0.5, 0.6) is 5.75 Å². The van der Waals surface area contributed by atoms with Crippen LogP contribution in [0.3, 0.4) is 0 Å². The van der Waals surface area contributed by atoms with Crippen molar-refractivity contribution in [2.75, 3.05) is 69.2 Å². The van der Waals surface area contributed by atoms with Crippen LogP contribution < -0.4 is 25.6 Å². The predicted molar refractivity (Wildman–Crippen MR) is 191 cm³/mol. The molecule has 5 heterocycles. The molecule has 2 fully saturated rings. The first kappa shape index (κ1) is 31.5. The average molecular weight is 718 g/mol. The highest BCUT2D eigenvalue weighted by molar-refractivity contribution is 9.10. The summed E-state index contributed by atoms with van der Waals surface area (Å²) in [5, 5.41) is 11.9. The maximum Gasteiger partial charge on any atom is 0.229 e. The van der Waals surface area contributed by atoms with Gasteiger partial charge in [-0.15, -0.1) is 0 Å². The standard InChI is InChI=1S/C33H38BrN10O2P/c1-42-19-33(20-42)8-12-44(13-9-33)27-15-28(46-3)26(14-22(27)21-16-38-43(2)18-21)40-32-37-17-23(34)31(41-32)39-25-7-6-24-29(36-11-10-35-24)30(25)47(4,5)45/h6-7,10-11,14-18H,8-9,12-13,19-20H2,1-5H3,(H2,37,39,40,41). The second-order valence-electron chi connectivity index (χ2n) is 13.0. The molecule has 0 radical (unpaired) electrons. The van der Waals surface area contributed by atoms with Gasteiger partial charge >= 0.3 is 0 Å². The van der Waals surface area contributed by atoms with E-state index in [-0.39, 0.29) is 0 Å². The van der Waals surface area contributed by atoms with Crippen LogP contribution in [0.1, 0.15) is 12.8 Å². The Hall–Kier alpha value is -4.06. The molecule has 14 heteroatoms. The third-order valence-electron chi connectivity index (χ3n) is 9.11. The van der Waals surface area contributed by atoms with Crippen molar-refractivity contribution in [1.82, 2.24) is 34.6 Å². The number of rotatable bonds is 8. The van der Waals surface area contributed by atoms with E-state index >= 15 is 0 Å². The summed E-state index contributed by atoms with van der Waals surface area (Å²) in [4.78, 5) is 23.1. The highest BCUT2D eigenvalue weighted by atomic mass is 79.9. The summed E-state index contributed by atoms with van der Waals surface area (Å²) in [7, 11) is 3.05. The number of aromatic nitrogens is 6. The molecule has 12 nitrogen and oxygen atoms in total. The Bertz CT molecular complexity index is 2010. The van der Waals surface area contributed by atoms with Crippen LogP contribution in [-0.4, -0.2) is 88.3 Å². The van der Waals surface area contributed by atoms with E-state index < -0.39 is 7.14 Å². The fourth-order valence-electron chi connectivity index (χ4n) is 6.96. The van der Waals surface area contributed by atoms with Gasteiger partial charge in [0.1, 0.15) is 24.2 Å². The SMILES string of the molecule is COc1cc(N2CCC3(CC2)CN(C)C3)c(-c2cnn(C)c2)cc1Nc1ncc(Br)c(Nc2ccc3nccnc3c2P(C)(C)=O)n1. The monoisotopic (exact) mass is 716 g/mol. The zero-order valence-corrected chi connectivity index (χ0v) is 29.6. The zero-order chi connectivity index (χ0) is 32.9. The molecule has 47 heavy (non-hydrogen) atoms. The van der Waals surface area contributed by atoms with Crippen LogP contribution in [0.15, 0.2) is 59.7 Å². The van der Waals surface area contributed by atoms with Gasteiger partial charge in [-0.05, 0) is 72.8 Å². The molecule has 2 aliphatic rings. The predicted octanol–water partition coefficient (Wildman–Crippen LogP) is 5.86. The lowest BCUT2D eigenvalue weighted by atomic mass is 9.72. The summed E-state index contributed by atoms with van der Waals surface area (Å²) in [6.07, 6.45) is 11.2. The number of ether oxygens (including phenoxy) is 1. The molecule has 2 aliphatic heterocycles. The minimum absolute atomic E-state index is 0.367. The molecule has 0 aliphatic carbocycles. The van der Waals surface area contributed by atoms with Crippen molar-refractivity contribution in [3.8, 4) is 16.9 Å². The van der Waals surface area contributed by atoms with Gasteiger partial charge in [0, 0.05) is 80.9 Å². The lowest BCUT2D eigenvalue weighted by molar-refractivity contribution is 0.00133. The zero-order valence-electron chi connectivity index (χ0n) is 27.2. The number of methoxy groups -OCH3 is 1. The molecule has 244 valence electrons. The summed E-state index contributed by atoms with van der Waals surface area (Å²) < 4.78 is 21.9. The van der Waals surface area contributed by atoms with Gasteiger partial charge in [-0.2, -0.15) is 10.1 Å². The molecular formula is C33H38BrN10O2P. The second kappa shape index (κ2) is 12.2. The second-order valence-corrected chi connectivity index (χ2v) is 17.0. The third kappa shape index (κ3) is 6.19. The Morgan fingerprint density at radius 2 is 1.74 bits per heavy atom. The van der Waals surface area contributed by atoms with Crippen molar-refractivity contribution in [3.05, 3.63) is 59.7 Å². The Morgan fingerprint density at radius 1 is 0.979 bits per heavy atom. The van der Waals surface area contributed by atoms with Crippen LogP contribution in [0.25, 0.3) is 22.2 Å². The Kier molecular flexibility index (Phi) is 8.18. The first-order valence-corrected chi connectivity index (χ1v) is 18.9. The molecule has 0 amide bonds. The maximum atomic E-state index is 13.5. The van der Waals surface area contributed by atoms with E-state index in [9.17, 15) is 4.57 Å². The fourth-order valence-corrected chi connectivity index (χ4v) is 8.64. The number of halogens is 1. The number of anilines is 5. The Labute approximate surface area is 282 Å². The van der Waals surface area contributed by atoms with Gasteiger partial charge < -0.3 is 29.7 Å². The highest BCUT2D eigenvalue weighted by Gasteiger charge is 2.43. The van der Waals surface area contributed by atoms with Gasteiger partial charge in [0.2, 0.25) is 5.95 Å². The molecule has 0 bridgehead atoms. The largest absolute Gasteiger partial charge is 0.494 e. The van der Waals surface area contributed by atoms with Crippen LogP contribution in [0.2, 0.25) is 0 Å². The number of aryl methyl sites for hydroxylation is 1. The van der Waals surface area contributed by atoms with Gasteiger partial charge in [-0.25, -0.2) is 4.98 Å². The number of hydrogen-bond acceptors (Lipinski definition) is 11. The number of benzene rings is 2. The summed E-state index contributed by atoms with van der Waals surface area (Å²) >= 11 is 3.59. The summed E-state index contributed by atoms with van der Waals surface area (Å²) in [5.41, 5.74) is 6.31. The van der Waals surface area contributed by atoms with Crippen LogP contribution >= 0.6 is 23.1 Å². The Morgan fingerprint density at radius 3 is 2.43 bits per heavy atom. The third-order valence-corrected chi connectivity index (χ3v) is 11.2. The van der Waals surface area contributed by atoms with Gasteiger partial charge in [-0.3, -0.25) is 14.6 Å². The van der Waals surface area contributed by atoms with Gasteiger partial charge in [-0.1, -0.05) is 0 Å². The van der Waals surface area contributed by atoms with E-state index in [0.717, 1.165) is 35.6 Å². The lowest BCUT2D eigenvalue weighted by Crippen LogP contribution is -2.58. The molecule has 3 aromatic heterocycles. The molecule has 0 unspecified atom stereocenters. The first-order chi connectivity index (χ1) is 22.5. The number of piperidine rings is 1. The van der Waals surface area contributed by atoms with Crippen LogP contribution in [0.4, 0.5) is 28.8 Å². The van der Waals surface area contributed by atoms with Gasteiger partial charge in [0.25, 0.3) is 0 Å². The van der Waals surface area contributed by atoms with E-state index in [1.54, 1.807) is 39.0 Å². The summed E-state index contributed by atoms with van der Waals surface area (Å²) in [5.74, 6) is 1.56. The van der Waals surface area contributed by atoms with E-state index in [1.807, 2.05) is 36.3 Å². The molecule has 5 aromatic rings. The molecule has 1 spiro atoms. The number of likely N-dealkylation sites (tertiary alicyclic amines) is 1. The number of nitrogens with zero attached hydrogens (tertiary/aromatic N) is 8. The molecule has 0 atom stereocenters. The molecule has 2 saturated heterocycles. The van der Waals surface area contributed by atoms with E-state index in [2.05, 4.69) is 75.6 Å².